The van der Waals surface area contributed by atoms with Gasteiger partial charge in [0.25, 0.3) is 0 Å². The summed E-state index contributed by atoms with van der Waals surface area (Å²) < 4.78 is 28.6. The van der Waals surface area contributed by atoms with Crippen LogP contribution in [0.5, 0.6) is 0 Å². The summed E-state index contributed by atoms with van der Waals surface area (Å²) in [7, 11) is 0. The Bertz CT molecular complexity index is 1070. The lowest BCUT2D eigenvalue weighted by atomic mass is 9.91. The lowest BCUT2D eigenvalue weighted by Gasteiger charge is -2.44. The van der Waals surface area contributed by atoms with E-state index in [-0.39, 0.29) is 24.7 Å². The fourth-order valence-electron chi connectivity index (χ4n) is 9.66. The van der Waals surface area contributed by atoms with E-state index in [4.69, 9.17) is 23.7 Å². The zero-order valence-corrected chi connectivity index (χ0v) is 42.9. The third-order valence-electron chi connectivity index (χ3n) is 14.2. The van der Waals surface area contributed by atoms with Crippen molar-refractivity contribution in [2.45, 2.75) is 307 Å². The summed E-state index contributed by atoms with van der Waals surface area (Å²) in [4.78, 5) is 26.5. The fraction of sp³-hybridized carbons (Fsp3) is 0.963. The van der Waals surface area contributed by atoms with Gasteiger partial charge in [-0.15, -0.1) is 0 Å². The minimum atomic E-state index is -1.81. The molecule has 0 aliphatic carbocycles. The molecule has 2 heterocycles. The number of unbranched alkanes of at least 4 members (excludes halogenated alkanes) is 24. The van der Waals surface area contributed by atoms with E-state index < -0.39 is 86.6 Å². The number of aliphatic hydroxyl groups excluding tert-OH is 6. The van der Waals surface area contributed by atoms with Crippen LogP contribution in [-0.2, 0) is 33.3 Å². The smallest absolute Gasteiger partial charge is 0.306 e. The maximum Gasteiger partial charge on any atom is 0.306 e. The molecule has 2 fully saturated rings. The molecule has 0 aromatic carbocycles. The Hall–Kier alpha value is -1.42. The molecule has 0 unspecified atom stereocenters. The van der Waals surface area contributed by atoms with Crippen LogP contribution in [0.2, 0.25) is 0 Å². The van der Waals surface area contributed by atoms with Crippen LogP contribution in [0.25, 0.3) is 0 Å². The molecule has 0 bridgehead atoms. The summed E-state index contributed by atoms with van der Waals surface area (Å²) in [5, 5.41) is 65.0. The van der Waals surface area contributed by atoms with Crippen LogP contribution in [0.1, 0.15) is 246 Å². The second-order valence-electron chi connectivity index (χ2n) is 20.3. The number of hydrogen-bond acceptors (Lipinski definition) is 13. The molecule has 67 heavy (non-hydrogen) atoms. The second kappa shape index (κ2) is 39.2. The average Bonchev–Trinajstić information content (AvgIpc) is 3.31. The lowest BCUT2D eigenvalue weighted by molar-refractivity contribution is -0.376. The van der Waals surface area contributed by atoms with Crippen LogP contribution in [0.3, 0.4) is 0 Å². The molecule has 2 aliphatic heterocycles. The molecule has 13 nitrogen and oxygen atoms in total. The first kappa shape index (κ1) is 61.7. The zero-order chi connectivity index (χ0) is 49.1. The first-order valence-electron chi connectivity index (χ1n) is 27.8. The van der Waals surface area contributed by atoms with Gasteiger partial charge in [-0.1, -0.05) is 207 Å². The van der Waals surface area contributed by atoms with Crippen molar-refractivity contribution in [2.75, 3.05) is 13.2 Å². The summed E-state index contributed by atoms with van der Waals surface area (Å²) in [6.45, 7) is 8.01. The highest BCUT2D eigenvalue weighted by Crippen LogP contribution is 2.30. The zero-order valence-electron chi connectivity index (χ0n) is 42.9. The van der Waals surface area contributed by atoms with Crippen molar-refractivity contribution in [1.29, 1.82) is 0 Å². The summed E-state index contributed by atoms with van der Waals surface area (Å²) in [6.07, 6.45) is 21.2. The van der Waals surface area contributed by atoms with Crippen molar-refractivity contribution in [3.05, 3.63) is 0 Å². The van der Waals surface area contributed by atoms with Crippen LogP contribution >= 0.6 is 0 Å². The van der Waals surface area contributed by atoms with E-state index >= 15 is 0 Å². The molecule has 6 N–H and O–H groups in total. The molecule has 0 saturated carbocycles. The quantitative estimate of drug-likeness (QED) is 0.0250. The molecule has 396 valence electrons. The normalized spacial score (nSPS) is 25.6. The Balaban J connectivity index is 1.96. The largest absolute Gasteiger partial charge is 0.463 e. The standard InChI is InChI=1S/C54H102O13/c1-5-9-13-17-21-25-29-33-41(34-30-26-22-18-14-10-6-2)37-45(55)63-39-43-47(57)49(59)51(61)53(65-43)67-54-52(62)50(60)48(58)44(66-54)40-64-46(56)38-42(35-31-27-23-19-15-11-7-3)36-32-28-24-20-16-12-8-4/h41-44,47-54,57-62H,5-40H2,1-4H3/t43-,44-,47-,48-,49+,50+,51-,52-,53-,54-/m1/s1. The van der Waals surface area contributed by atoms with Crippen molar-refractivity contribution >= 4 is 11.9 Å². The van der Waals surface area contributed by atoms with Crippen LogP contribution in [0.15, 0.2) is 0 Å². The monoisotopic (exact) mass is 959 g/mol. The average molecular weight is 959 g/mol. The van der Waals surface area contributed by atoms with Gasteiger partial charge in [0, 0.05) is 12.8 Å². The number of ether oxygens (including phenoxy) is 5. The van der Waals surface area contributed by atoms with Crippen molar-refractivity contribution in [3.63, 3.8) is 0 Å². The van der Waals surface area contributed by atoms with E-state index in [1.165, 1.54) is 128 Å². The first-order chi connectivity index (χ1) is 32.5. The molecule has 10 atom stereocenters. The van der Waals surface area contributed by atoms with Gasteiger partial charge in [-0.3, -0.25) is 9.59 Å². The van der Waals surface area contributed by atoms with Gasteiger partial charge in [0.15, 0.2) is 12.6 Å². The van der Waals surface area contributed by atoms with E-state index in [9.17, 15) is 40.2 Å². The van der Waals surface area contributed by atoms with Crippen molar-refractivity contribution in [3.8, 4) is 0 Å². The molecular weight excluding hydrogens is 857 g/mol. The molecule has 0 amide bonds. The van der Waals surface area contributed by atoms with Crippen LogP contribution < -0.4 is 0 Å². The minimum absolute atomic E-state index is 0.171. The van der Waals surface area contributed by atoms with E-state index in [0.29, 0.717) is 0 Å². The first-order valence-corrected chi connectivity index (χ1v) is 27.8. The predicted octanol–water partition coefficient (Wildman–Crippen LogP) is 10.3. The number of esters is 2. The SMILES string of the molecule is CCCCCCCCCC(CCCCCCCCC)CC(=O)OC[C@H]1O[C@H](O[C@H]2O[C@H](COC(=O)CC(CCCCCCCCC)CCCCCCCCC)[C@@H](O)[C@H](O)[C@H]2O)[C@H](O)[C@@H](O)[C@@H]1O. The minimum Gasteiger partial charge on any atom is -0.463 e. The van der Waals surface area contributed by atoms with Gasteiger partial charge in [0.2, 0.25) is 0 Å². The third-order valence-corrected chi connectivity index (χ3v) is 14.2. The Morgan fingerprint density at radius 1 is 0.373 bits per heavy atom. The summed E-state index contributed by atoms with van der Waals surface area (Å²) >= 11 is 0. The van der Waals surface area contributed by atoms with Crippen molar-refractivity contribution in [2.24, 2.45) is 11.8 Å². The van der Waals surface area contributed by atoms with E-state index in [1.807, 2.05) is 0 Å². The van der Waals surface area contributed by atoms with E-state index in [0.717, 1.165) is 77.0 Å². The number of hydrogen-bond donors (Lipinski definition) is 6. The Kier molecular flexibility index (Phi) is 36.1. The molecule has 0 aromatic heterocycles. The highest BCUT2D eigenvalue weighted by atomic mass is 16.8. The van der Waals surface area contributed by atoms with E-state index in [1.54, 1.807) is 0 Å². The van der Waals surface area contributed by atoms with Gasteiger partial charge in [0.05, 0.1) is 0 Å². The Morgan fingerprint density at radius 2 is 0.627 bits per heavy atom. The lowest BCUT2D eigenvalue weighted by Crippen LogP contribution is -2.64. The summed E-state index contributed by atoms with van der Waals surface area (Å²) in [5.74, 6) is -0.534. The topological polar surface area (TPSA) is 202 Å². The van der Waals surface area contributed by atoms with E-state index in [2.05, 4.69) is 27.7 Å². The second-order valence-corrected chi connectivity index (χ2v) is 20.3. The maximum absolute atomic E-state index is 13.2. The summed E-state index contributed by atoms with van der Waals surface area (Å²) in [5.41, 5.74) is 0. The predicted molar refractivity (Wildman–Crippen MR) is 263 cm³/mol. The fourth-order valence-corrected chi connectivity index (χ4v) is 9.66. The molecule has 2 saturated heterocycles. The van der Waals surface area contributed by atoms with Gasteiger partial charge in [0.1, 0.15) is 62.0 Å². The molecule has 2 rings (SSSR count). The molecular formula is C54H102O13. The van der Waals surface area contributed by atoms with Crippen LogP contribution in [0, 0.1) is 11.8 Å². The van der Waals surface area contributed by atoms with Gasteiger partial charge >= 0.3 is 11.9 Å². The molecule has 0 spiro atoms. The van der Waals surface area contributed by atoms with Gasteiger partial charge in [-0.05, 0) is 37.5 Å². The number of aliphatic hydroxyl groups is 6. The van der Waals surface area contributed by atoms with Crippen molar-refractivity contribution in [1.82, 2.24) is 0 Å². The number of carbonyl (C=O) groups excluding carboxylic acids is 2. The summed E-state index contributed by atoms with van der Waals surface area (Å²) in [6, 6.07) is 0. The van der Waals surface area contributed by atoms with Crippen LogP contribution in [0.4, 0.5) is 0 Å². The number of rotatable bonds is 42. The van der Waals surface area contributed by atoms with Crippen molar-refractivity contribution < 1.29 is 63.9 Å². The third kappa shape index (κ3) is 27.1. The van der Waals surface area contributed by atoms with Crippen LogP contribution in [-0.4, -0.2) is 117 Å². The molecule has 0 aromatic rings. The Labute approximate surface area is 407 Å². The highest BCUT2D eigenvalue weighted by molar-refractivity contribution is 5.70. The Morgan fingerprint density at radius 3 is 0.896 bits per heavy atom. The van der Waals surface area contributed by atoms with Gasteiger partial charge in [-0.25, -0.2) is 0 Å². The number of carbonyl (C=O) groups is 2. The highest BCUT2D eigenvalue weighted by Gasteiger charge is 2.50. The maximum atomic E-state index is 13.2. The molecule has 0 radical (unpaired) electrons. The van der Waals surface area contributed by atoms with Gasteiger partial charge in [-0.2, -0.15) is 0 Å². The molecule has 2 aliphatic rings. The van der Waals surface area contributed by atoms with Gasteiger partial charge < -0.3 is 54.3 Å². The molecule has 13 heteroatoms.